The molecule has 5 heterocycles. The van der Waals surface area contributed by atoms with Crippen LogP contribution in [0, 0.1) is 0 Å². The maximum atomic E-state index is 2.51. The highest BCUT2D eigenvalue weighted by atomic mass is 32.1. The van der Waals surface area contributed by atoms with Gasteiger partial charge in [-0.25, -0.2) is 0 Å². The molecule has 0 aliphatic rings. The van der Waals surface area contributed by atoms with Crippen molar-refractivity contribution in [1.82, 2.24) is 13.5 Å². The van der Waals surface area contributed by atoms with Gasteiger partial charge >= 0.3 is 0 Å². The summed E-state index contributed by atoms with van der Waals surface area (Å²) >= 11 is 1.83. The molecule has 0 spiro atoms. The minimum atomic E-state index is 1.19. The number of rotatable bonds is 1. The van der Waals surface area contributed by atoms with E-state index in [2.05, 4.69) is 105 Å². The summed E-state index contributed by atoms with van der Waals surface area (Å²) < 4.78 is 7.19. The van der Waals surface area contributed by atoms with Crippen molar-refractivity contribution < 1.29 is 0 Å². The Labute approximate surface area is 181 Å². The van der Waals surface area contributed by atoms with E-state index in [9.17, 15) is 0 Å². The van der Waals surface area contributed by atoms with Gasteiger partial charge in [0.25, 0.3) is 0 Å². The number of hydrogen-bond donors (Lipinski definition) is 0. The van der Waals surface area contributed by atoms with Gasteiger partial charge in [-0.2, -0.15) is 0 Å². The molecule has 0 atom stereocenters. The molecule has 4 heteroatoms. The molecule has 0 radical (unpaired) electrons. The molecule has 0 fully saturated rings. The Morgan fingerprint density at radius 1 is 0.645 bits per heavy atom. The molecular weight excluding hydrogens is 398 g/mol. The van der Waals surface area contributed by atoms with E-state index in [1.807, 2.05) is 11.3 Å². The Bertz CT molecular complexity index is 1940. The molecular formula is C27H17N3S. The minimum Gasteiger partial charge on any atom is -0.344 e. The van der Waals surface area contributed by atoms with E-state index in [-0.39, 0.29) is 0 Å². The topological polar surface area (TPSA) is 14.3 Å². The molecule has 0 aliphatic carbocycles. The van der Waals surface area contributed by atoms with Gasteiger partial charge in [-0.05, 0) is 53.2 Å². The fraction of sp³-hybridized carbons (Fsp3) is 0.0370. The van der Waals surface area contributed by atoms with Gasteiger partial charge in [0.05, 0.1) is 22.1 Å². The predicted molar refractivity (Wildman–Crippen MR) is 132 cm³/mol. The van der Waals surface area contributed by atoms with E-state index in [4.69, 9.17) is 0 Å². The summed E-state index contributed by atoms with van der Waals surface area (Å²) in [6, 6.07) is 26.5. The van der Waals surface area contributed by atoms with Crippen molar-refractivity contribution in [3.63, 3.8) is 0 Å². The molecule has 146 valence electrons. The third-order valence-corrected chi connectivity index (χ3v) is 7.83. The van der Waals surface area contributed by atoms with Gasteiger partial charge in [0.2, 0.25) is 0 Å². The number of aromatic nitrogens is 3. The monoisotopic (exact) mass is 415 g/mol. The van der Waals surface area contributed by atoms with Crippen molar-refractivity contribution in [2.75, 3.05) is 0 Å². The molecule has 5 aromatic heterocycles. The third kappa shape index (κ3) is 1.74. The van der Waals surface area contributed by atoms with Gasteiger partial charge in [-0.1, -0.05) is 30.3 Å². The van der Waals surface area contributed by atoms with E-state index >= 15 is 0 Å². The second-order valence-electron chi connectivity index (χ2n) is 8.34. The lowest BCUT2D eigenvalue weighted by atomic mass is 10.1. The predicted octanol–water partition coefficient (Wildman–Crippen LogP) is 7.33. The molecule has 3 nitrogen and oxygen atoms in total. The van der Waals surface area contributed by atoms with Gasteiger partial charge in [-0.15, -0.1) is 11.3 Å². The number of para-hydroxylation sites is 1. The quantitative estimate of drug-likeness (QED) is 0.266. The van der Waals surface area contributed by atoms with Crippen molar-refractivity contribution in [1.29, 1.82) is 0 Å². The first-order valence-corrected chi connectivity index (χ1v) is 11.4. The van der Waals surface area contributed by atoms with Gasteiger partial charge in [0.15, 0.2) is 0 Å². The van der Waals surface area contributed by atoms with Crippen LogP contribution in [0.3, 0.4) is 0 Å². The average molecular weight is 416 g/mol. The Morgan fingerprint density at radius 2 is 1.52 bits per heavy atom. The van der Waals surface area contributed by atoms with Crippen LogP contribution in [-0.2, 0) is 7.05 Å². The summed E-state index contributed by atoms with van der Waals surface area (Å²) in [6.07, 6.45) is 2.21. The maximum Gasteiger partial charge on any atom is 0.108 e. The number of hydrogen-bond acceptors (Lipinski definition) is 1. The third-order valence-electron chi connectivity index (χ3n) is 6.93. The van der Waals surface area contributed by atoms with Gasteiger partial charge in [-0.3, -0.25) is 4.40 Å². The molecule has 8 aromatic rings. The number of nitrogens with zero attached hydrogens (tertiary/aromatic N) is 3. The lowest BCUT2D eigenvalue weighted by molar-refractivity contribution is 1.01. The average Bonchev–Trinajstić information content (AvgIpc) is 3.55. The second-order valence-corrected chi connectivity index (χ2v) is 9.24. The highest BCUT2D eigenvalue weighted by molar-refractivity contribution is 7.17. The fourth-order valence-electron chi connectivity index (χ4n) is 5.65. The lowest BCUT2D eigenvalue weighted by Gasteiger charge is -2.05. The van der Waals surface area contributed by atoms with Crippen LogP contribution in [0.25, 0.3) is 65.0 Å². The fourth-order valence-corrected chi connectivity index (χ4v) is 6.58. The van der Waals surface area contributed by atoms with Crippen LogP contribution in [0.2, 0.25) is 0 Å². The zero-order chi connectivity index (χ0) is 20.3. The molecule has 0 unspecified atom stereocenters. The van der Waals surface area contributed by atoms with E-state index in [1.165, 1.54) is 65.0 Å². The smallest absolute Gasteiger partial charge is 0.108 e. The van der Waals surface area contributed by atoms with Crippen molar-refractivity contribution in [3.8, 4) is 5.69 Å². The molecule has 0 bridgehead atoms. The van der Waals surface area contributed by atoms with Crippen molar-refractivity contribution >= 4 is 70.7 Å². The van der Waals surface area contributed by atoms with Crippen LogP contribution in [0.1, 0.15) is 0 Å². The normalized spacial score (nSPS) is 12.7. The molecule has 0 N–H and O–H groups in total. The molecule has 3 aromatic carbocycles. The van der Waals surface area contributed by atoms with E-state index < -0.39 is 0 Å². The molecule has 0 saturated carbocycles. The van der Waals surface area contributed by atoms with Crippen LogP contribution >= 0.6 is 11.3 Å². The number of benzene rings is 3. The second kappa shape index (κ2) is 5.29. The molecule has 31 heavy (non-hydrogen) atoms. The zero-order valence-corrected chi connectivity index (χ0v) is 17.6. The Balaban J connectivity index is 1.77. The summed E-state index contributed by atoms with van der Waals surface area (Å²) in [4.78, 5) is 1.31. The van der Waals surface area contributed by atoms with Crippen LogP contribution in [0.5, 0.6) is 0 Å². The number of thiophene rings is 1. The molecule has 0 amide bonds. The summed E-state index contributed by atoms with van der Waals surface area (Å²) in [5.41, 5.74) is 7.64. The number of fused-ring (bicyclic) bond motifs is 6. The van der Waals surface area contributed by atoms with Gasteiger partial charge in [0.1, 0.15) is 4.83 Å². The first-order chi connectivity index (χ1) is 15.3. The van der Waals surface area contributed by atoms with Crippen LogP contribution in [0.4, 0.5) is 0 Å². The lowest BCUT2D eigenvalue weighted by Crippen LogP contribution is -1.90. The van der Waals surface area contributed by atoms with Gasteiger partial charge < -0.3 is 9.13 Å². The van der Waals surface area contributed by atoms with E-state index in [0.29, 0.717) is 0 Å². The van der Waals surface area contributed by atoms with E-state index in [0.717, 1.165) is 0 Å². The van der Waals surface area contributed by atoms with E-state index in [1.54, 1.807) is 0 Å². The van der Waals surface area contributed by atoms with Crippen LogP contribution < -0.4 is 0 Å². The zero-order valence-electron chi connectivity index (χ0n) is 16.8. The summed E-state index contributed by atoms with van der Waals surface area (Å²) in [6.45, 7) is 0. The maximum absolute atomic E-state index is 2.51. The van der Waals surface area contributed by atoms with Crippen LogP contribution in [-0.4, -0.2) is 13.5 Å². The summed E-state index contributed by atoms with van der Waals surface area (Å²) in [5, 5.41) is 8.93. The van der Waals surface area contributed by atoms with Crippen molar-refractivity contribution in [3.05, 3.63) is 84.4 Å². The Morgan fingerprint density at radius 3 is 2.42 bits per heavy atom. The highest BCUT2D eigenvalue weighted by Gasteiger charge is 2.23. The highest BCUT2D eigenvalue weighted by Crippen LogP contribution is 2.45. The summed E-state index contributed by atoms with van der Waals surface area (Å²) in [5.74, 6) is 0. The molecule has 0 saturated heterocycles. The first kappa shape index (κ1) is 16.0. The Hall–Kier alpha value is -3.76. The SMILES string of the molecule is Cn1c2cccc3c4ccsc4n4c5ccn(-c6ccccc6)c5c5ccc1c(c32)c54. The Kier molecular flexibility index (Phi) is 2.73. The van der Waals surface area contributed by atoms with Crippen LogP contribution in [0.15, 0.2) is 84.4 Å². The van der Waals surface area contributed by atoms with Crippen molar-refractivity contribution in [2.24, 2.45) is 7.05 Å². The van der Waals surface area contributed by atoms with Crippen molar-refractivity contribution in [2.45, 2.75) is 0 Å². The van der Waals surface area contributed by atoms with Gasteiger partial charge in [0, 0.05) is 46.0 Å². The largest absolute Gasteiger partial charge is 0.344 e. The number of aryl methyl sites for hydroxylation is 1. The standard InChI is InChI=1S/C27H17N3S/c1-28-20-9-5-8-17-18-13-15-31-27(18)30-22-12-14-29(16-6-3-2-4-7-16)25(22)19-10-11-21(28)24(23(17)20)26(19)30/h2-15H,1H3. The summed E-state index contributed by atoms with van der Waals surface area (Å²) in [7, 11) is 2.19. The first-order valence-electron chi connectivity index (χ1n) is 10.5. The minimum absolute atomic E-state index is 1.19. The molecule has 8 rings (SSSR count). The molecule has 0 aliphatic heterocycles.